The molecule has 1 rings (SSSR count). The molecule has 60 valence electrons. The van der Waals surface area contributed by atoms with Crippen molar-refractivity contribution < 1.29 is 4.79 Å². The molecule has 1 aromatic heterocycles. The molecule has 11 heavy (non-hydrogen) atoms. The molecular weight excluding hydrogens is 140 g/mol. The number of carbonyl (C=O) groups is 1. The van der Waals surface area contributed by atoms with Gasteiger partial charge in [-0.05, 0) is 18.9 Å². The molecule has 0 N–H and O–H groups in total. The zero-order valence-corrected chi connectivity index (χ0v) is 6.87. The van der Waals surface area contributed by atoms with Crippen molar-refractivity contribution in [2.45, 2.75) is 19.8 Å². The Hall–Kier alpha value is -1.12. The van der Waals surface area contributed by atoms with Crippen molar-refractivity contribution in [3.63, 3.8) is 0 Å². The summed E-state index contributed by atoms with van der Waals surface area (Å²) in [7, 11) is 1.90. The Labute approximate surface area is 66.0 Å². The second kappa shape index (κ2) is 3.32. The molecule has 0 aliphatic rings. The van der Waals surface area contributed by atoms with Crippen molar-refractivity contribution in [3.8, 4) is 0 Å². The quantitative estimate of drug-likeness (QED) is 0.602. The van der Waals surface area contributed by atoms with Gasteiger partial charge in [-0.25, -0.2) is 0 Å². The van der Waals surface area contributed by atoms with E-state index in [4.69, 9.17) is 0 Å². The number of aryl methyl sites for hydroxylation is 2. The lowest BCUT2D eigenvalue weighted by atomic mass is 10.1. The average molecular weight is 152 g/mol. The molecule has 0 fully saturated rings. The molecule has 0 bridgehead atoms. The van der Waals surface area contributed by atoms with E-state index in [-0.39, 0.29) is 0 Å². The summed E-state index contributed by atoms with van der Waals surface area (Å²) in [5.41, 5.74) is 2.31. The van der Waals surface area contributed by atoms with Gasteiger partial charge in [-0.15, -0.1) is 0 Å². The molecule has 0 spiro atoms. The van der Waals surface area contributed by atoms with Crippen molar-refractivity contribution >= 4 is 6.29 Å². The van der Waals surface area contributed by atoms with Gasteiger partial charge in [0.15, 0.2) is 0 Å². The third-order valence-electron chi connectivity index (χ3n) is 1.87. The van der Waals surface area contributed by atoms with Crippen molar-refractivity contribution in [1.29, 1.82) is 0 Å². The molecule has 0 saturated carbocycles. The molecular formula is C8H12N2O. The summed E-state index contributed by atoms with van der Waals surface area (Å²) < 4.78 is 1.82. The number of aromatic nitrogens is 2. The summed E-state index contributed by atoms with van der Waals surface area (Å²) in [4.78, 5) is 10.1. The summed E-state index contributed by atoms with van der Waals surface area (Å²) in [6.07, 6.45) is 4.15. The smallest absolute Gasteiger partial charge is 0.120 e. The fourth-order valence-electron chi connectivity index (χ4n) is 1.00. The molecule has 0 aliphatic heterocycles. The van der Waals surface area contributed by atoms with Gasteiger partial charge in [-0.1, -0.05) is 0 Å². The van der Waals surface area contributed by atoms with E-state index in [0.717, 1.165) is 18.4 Å². The van der Waals surface area contributed by atoms with Crippen molar-refractivity contribution in [3.05, 3.63) is 17.5 Å². The van der Waals surface area contributed by atoms with Gasteiger partial charge in [0.2, 0.25) is 0 Å². The van der Waals surface area contributed by atoms with E-state index >= 15 is 0 Å². The predicted octanol–water partition coefficient (Wildman–Crippen LogP) is 0.860. The maximum Gasteiger partial charge on any atom is 0.120 e. The van der Waals surface area contributed by atoms with Crippen molar-refractivity contribution in [1.82, 2.24) is 9.78 Å². The molecule has 0 saturated heterocycles. The normalized spacial score (nSPS) is 10.0. The van der Waals surface area contributed by atoms with E-state index in [9.17, 15) is 4.79 Å². The molecule has 0 aliphatic carbocycles. The SMILES string of the molecule is Cc1c(CCC=O)cnn1C. The van der Waals surface area contributed by atoms with Crippen LogP contribution in [0.3, 0.4) is 0 Å². The Morgan fingerprint density at radius 1 is 1.73 bits per heavy atom. The van der Waals surface area contributed by atoms with Crippen LogP contribution >= 0.6 is 0 Å². The number of hydrogen-bond acceptors (Lipinski definition) is 2. The number of nitrogens with zero attached hydrogens (tertiary/aromatic N) is 2. The second-order valence-electron chi connectivity index (χ2n) is 2.58. The van der Waals surface area contributed by atoms with Gasteiger partial charge >= 0.3 is 0 Å². The Morgan fingerprint density at radius 2 is 2.45 bits per heavy atom. The molecule has 3 nitrogen and oxygen atoms in total. The number of hydrogen-bond donors (Lipinski definition) is 0. The van der Waals surface area contributed by atoms with Crippen LogP contribution in [0.2, 0.25) is 0 Å². The van der Waals surface area contributed by atoms with E-state index in [1.54, 1.807) is 0 Å². The molecule has 0 radical (unpaired) electrons. The van der Waals surface area contributed by atoms with Crippen LogP contribution in [0.4, 0.5) is 0 Å². The van der Waals surface area contributed by atoms with Crippen LogP contribution in [0, 0.1) is 6.92 Å². The van der Waals surface area contributed by atoms with Gasteiger partial charge in [-0.3, -0.25) is 4.68 Å². The maximum absolute atomic E-state index is 10.1. The Balaban J connectivity index is 2.70. The van der Waals surface area contributed by atoms with Crippen LogP contribution in [0.15, 0.2) is 6.20 Å². The number of rotatable bonds is 3. The van der Waals surface area contributed by atoms with Gasteiger partial charge in [-0.2, -0.15) is 5.10 Å². The van der Waals surface area contributed by atoms with Gasteiger partial charge in [0, 0.05) is 19.2 Å². The summed E-state index contributed by atoms with van der Waals surface area (Å²) in [6.45, 7) is 2.01. The third kappa shape index (κ3) is 1.67. The van der Waals surface area contributed by atoms with E-state index in [0.29, 0.717) is 6.42 Å². The molecule has 1 heterocycles. The summed E-state index contributed by atoms with van der Waals surface area (Å²) >= 11 is 0. The van der Waals surface area contributed by atoms with Crippen LogP contribution in [0.25, 0.3) is 0 Å². The lowest BCUT2D eigenvalue weighted by Gasteiger charge is -1.95. The van der Waals surface area contributed by atoms with Gasteiger partial charge in [0.05, 0.1) is 6.20 Å². The fourth-order valence-corrected chi connectivity index (χ4v) is 1.00. The highest BCUT2D eigenvalue weighted by Crippen LogP contribution is 2.06. The summed E-state index contributed by atoms with van der Waals surface area (Å²) in [6, 6.07) is 0. The van der Waals surface area contributed by atoms with E-state index in [1.807, 2.05) is 24.9 Å². The minimum Gasteiger partial charge on any atom is -0.303 e. The molecule has 0 atom stereocenters. The maximum atomic E-state index is 10.1. The highest BCUT2D eigenvalue weighted by atomic mass is 16.1. The first-order valence-corrected chi connectivity index (χ1v) is 3.67. The first-order valence-electron chi connectivity index (χ1n) is 3.67. The van der Waals surface area contributed by atoms with Crippen LogP contribution in [0.5, 0.6) is 0 Å². The standard InChI is InChI=1S/C8H12N2O/c1-7-8(4-3-5-11)6-9-10(7)2/h5-6H,3-4H2,1-2H3. The average Bonchev–Trinajstić information content (AvgIpc) is 2.31. The third-order valence-corrected chi connectivity index (χ3v) is 1.87. The van der Waals surface area contributed by atoms with Crippen LogP contribution in [-0.4, -0.2) is 16.1 Å². The lowest BCUT2D eigenvalue weighted by Crippen LogP contribution is -1.94. The lowest BCUT2D eigenvalue weighted by molar-refractivity contribution is -0.107. The van der Waals surface area contributed by atoms with Crippen molar-refractivity contribution in [2.24, 2.45) is 7.05 Å². The Bertz CT molecular complexity index is 253. The summed E-state index contributed by atoms with van der Waals surface area (Å²) in [5.74, 6) is 0. The largest absolute Gasteiger partial charge is 0.303 e. The highest BCUT2D eigenvalue weighted by Gasteiger charge is 2.01. The Kier molecular flexibility index (Phi) is 2.41. The fraction of sp³-hybridized carbons (Fsp3) is 0.500. The monoisotopic (exact) mass is 152 g/mol. The molecule has 1 aromatic rings. The van der Waals surface area contributed by atoms with Crippen LogP contribution in [-0.2, 0) is 18.3 Å². The van der Waals surface area contributed by atoms with E-state index < -0.39 is 0 Å². The van der Waals surface area contributed by atoms with Crippen molar-refractivity contribution in [2.75, 3.05) is 0 Å². The molecule has 0 aromatic carbocycles. The molecule has 3 heteroatoms. The van der Waals surface area contributed by atoms with Crippen LogP contribution < -0.4 is 0 Å². The van der Waals surface area contributed by atoms with Crippen LogP contribution in [0.1, 0.15) is 17.7 Å². The minimum absolute atomic E-state index is 0.590. The first-order chi connectivity index (χ1) is 5.25. The number of carbonyl (C=O) groups excluding carboxylic acids is 1. The minimum atomic E-state index is 0.590. The van der Waals surface area contributed by atoms with Gasteiger partial charge < -0.3 is 4.79 Å². The Morgan fingerprint density at radius 3 is 2.91 bits per heavy atom. The molecule has 0 amide bonds. The zero-order chi connectivity index (χ0) is 8.27. The van der Waals surface area contributed by atoms with Gasteiger partial charge in [0.1, 0.15) is 6.29 Å². The highest BCUT2D eigenvalue weighted by molar-refractivity contribution is 5.50. The van der Waals surface area contributed by atoms with E-state index in [2.05, 4.69) is 5.10 Å². The van der Waals surface area contributed by atoms with Gasteiger partial charge in [0.25, 0.3) is 0 Å². The predicted molar refractivity (Wildman–Crippen MR) is 42.3 cm³/mol. The van der Waals surface area contributed by atoms with E-state index in [1.165, 1.54) is 5.56 Å². The zero-order valence-electron chi connectivity index (χ0n) is 6.87. The summed E-state index contributed by atoms with van der Waals surface area (Å²) in [5, 5.41) is 4.07. The molecule has 0 unspecified atom stereocenters. The number of aldehydes is 1. The topological polar surface area (TPSA) is 34.9 Å². The first kappa shape index (κ1) is 7.98. The second-order valence-corrected chi connectivity index (χ2v) is 2.58.